The van der Waals surface area contributed by atoms with Crippen molar-refractivity contribution < 1.29 is 9.18 Å². The molecule has 0 unspecified atom stereocenters. The van der Waals surface area contributed by atoms with Crippen molar-refractivity contribution in [2.75, 3.05) is 0 Å². The third kappa shape index (κ3) is 7.04. The molecule has 154 valence electrons. The highest BCUT2D eigenvalue weighted by atomic mass is 19.1. The van der Waals surface area contributed by atoms with E-state index in [0.717, 1.165) is 24.7 Å². The molecule has 0 amide bonds. The van der Waals surface area contributed by atoms with Crippen molar-refractivity contribution in [3.05, 3.63) is 60.7 Å². The van der Waals surface area contributed by atoms with Gasteiger partial charge in [-0.25, -0.2) is 4.39 Å². The standard InChI is InChI=1S/C15H17FO.C11H20/c1-2-15(17)13-5-3-11(4-6-13)12-7-9-14(16)10-8-12;1-3-5-11-8-6-10(4-2)7-9-11/h2-6,12,14H,1,7-10H2;4,10-11H,2-3,5-9H2,1H3. The number of alkyl halides is 1. The number of hydrogen-bond acceptors (Lipinski definition) is 1. The Bertz CT molecular complexity index is 602. The molecule has 1 nitrogen and oxygen atoms in total. The second-order valence-electron chi connectivity index (χ2n) is 8.44. The molecule has 2 saturated carbocycles. The second-order valence-corrected chi connectivity index (χ2v) is 8.44. The van der Waals surface area contributed by atoms with Gasteiger partial charge in [0.2, 0.25) is 0 Å². The van der Waals surface area contributed by atoms with Crippen LogP contribution in [0.2, 0.25) is 0 Å². The summed E-state index contributed by atoms with van der Waals surface area (Å²) in [5.74, 6) is 2.28. The van der Waals surface area contributed by atoms with E-state index >= 15 is 0 Å². The van der Waals surface area contributed by atoms with E-state index in [1.54, 1.807) is 0 Å². The average Bonchev–Trinajstić information content (AvgIpc) is 2.75. The van der Waals surface area contributed by atoms with Crippen LogP contribution in [0.4, 0.5) is 4.39 Å². The van der Waals surface area contributed by atoms with Gasteiger partial charge in [0, 0.05) is 5.56 Å². The first kappa shape index (κ1) is 22.6. The number of allylic oxidation sites excluding steroid dienone is 2. The fourth-order valence-corrected chi connectivity index (χ4v) is 4.54. The molecule has 0 heterocycles. The summed E-state index contributed by atoms with van der Waals surface area (Å²) in [6.07, 6.45) is 14.5. The fourth-order valence-electron chi connectivity index (χ4n) is 4.54. The molecule has 3 rings (SSSR count). The molecule has 2 aliphatic rings. The Morgan fingerprint density at radius 1 is 1.00 bits per heavy atom. The summed E-state index contributed by atoms with van der Waals surface area (Å²) in [6.45, 7) is 9.61. The summed E-state index contributed by atoms with van der Waals surface area (Å²) in [5.41, 5.74) is 1.89. The van der Waals surface area contributed by atoms with E-state index in [4.69, 9.17) is 0 Å². The maximum atomic E-state index is 13.0. The third-order valence-electron chi connectivity index (χ3n) is 6.43. The predicted octanol–water partition coefficient (Wildman–Crippen LogP) is 7.83. The van der Waals surface area contributed by atoms with Crippen LogP contribution >= 0.6 is 0 Å². The number of carbonyl (C=O) groups excluding carboxylic acids is 1. The minimum Gasteiger partial charge on any atom is -0.289 e. The van der Waals surface area contributed by atoms with Crippen molar-refractivity contribution in [3.63, 3.8) is 0 Å². The maximum Gasteiger partial charge on any atom is 0.185 e. The molecule has 2 fully saturated rings. The van der Waals surface area contributed by atoms with Crippen molar-refractivity contribution >= 4 is 5.78 Å². The highest BCUT2D eigenvalue weighted by molar-refractivity contribution is 6.04. The van der Waals surface area contributed by atoms with Gasteiger partial charge in [0.15, 0.2) is 5.78 Å². The molecule has 1 aromatic carbocycles. The van der Waals surface area contributed by atoms with Gasteiger partial charge in [0.25, 0.3) is 0 Å². The second kappa shape index (κ2) is 12.0. The molecule has 1 aromatic rings. The molecule has 28 heavy (non-hydrogen) atoms. The SMILES string of the molecule is C=CC(=O)c1ccc(C2CCC(F)CC2)cc1.C=CC1CCC(CCC)CC1. The highest BCUT2D eigenvalue weighted by Crippen LogP contribution is 2.34. The first-order chi connectivity index (χ1) is 13.6. The van der Waals surface area contributed by atoms with Gasteiger partial charge in [-0.2, -0.15) is 0 Å². The monoisotopic (exact) mass is 384 g/mol. The summed E-state index contributed by atoms with van der Waals surface area (Å²) in [6, 6.07) is 7.64. The molecule has 0 spiro atoms. The Morgan fingerprint density at radius 2 is 1.61 bits per heavy atom. The first-order valence-corrected chi connectivity index (χ1v) is 11.1. The quantitative estimate of drug-likeness (QED) is 0.277. The summed E-state index contributed by atoms with van der Waals surface area (Å²) in [5, 5.41) is 0. The molecule has 0 radical (unpaired) electrons. The number of carbonyl (C=O) groups is 1. The number of rotatable bonds is 6. The molecule has 0 N–H and O–H groups in total. The topological polar surface area (TPSA) is 17.1 Å². The van der Waals surface area contributed by atoms with E-state index in [1.165, 1.54) is 50.2 Å². The number of ketones is 1. The van der Waals surface area contributed by atoms with E-state index in [2.05, 4.69) is 26.2 Å². The average molecular weight is 385 g/mol. The van der Waals surface area contributed by atoms with Crippen LogP contribution in [0.5, 0.6) is 0 Å². The van der Waals surface area contributed by atoms with Gasteiger partial charge < -0.3 is 0 Å². The fraction of sp³-hybridized carbons (Fsp3) is 0.577. The summed E-state index contributed by atoms with van der Waals surface area (Å²) >= 11 is 0. The number of halogens is 1. The van der Waals surface area contributed by atoms with Crippen LogP contribution in [0.3, 0.4) is 0 Å². The Morgan fingerprint density at radius 3 is 2.11 bits per heavy atom. The maximum absolute atomic E-state index is 13.0. The number of hydrogen-bond donors (Lipinski definition) is 0. The van der Waals surface area contributed by atoms with E-state index < -0.39 is 6.17 Å². The largest absolute Gasteiger partial charge is 0.289 e. The van der Waals surface area contributed by atoms with Gasteiger partial charge in [0.1, 0.15) is 6.17 Å². The Labute approximate surface area is 171 Å². The molecule has 0 aliphatic heterocycles. The molecule has 0 aromatic heterocycles. The predicted molar refractivity (Wildman–Crippen MR) is 118 cm³/mol. The van der Waals surface area contributed by atoms with Gasteiger partial charge >= 0.3 is 0 Å². The minimum absolute atomic E-state index is 0.0518. The van der Waals surface area contributed by atoms with Crippen LogP contribution < -0.4 is 0 Å². The minimum atomic E-state index is -0.618. The van der Waals surface area contributed by atoms with Crippen LogP contribution in [0.25, 0.3) is 0 Å². The molecular formula is C26H37FO. The third-order valence-corrected chi connectivity index (χ3v) is 6.43. The van der Waals surface area contributed by atoms with Gasteiger partial charge in [0.05, 0.1) is 0 Å². The summed E-state index contributed by atoms with van der Waals surface area (Å²) < 4.78 is 13.0. The van der Waals surface area contributed by atoms with Crippen LogP contribution in [-0.4, -0.2) is 12.0 Å². The lowest BCUT2D eigenvalue weighted by molar-refractivity contribution is 0.104. The molecule has 0 saturated heterocycles. The molecular weight excluding hydrogens is 347 g/mol. The van der Waals surface area contributed by atoms with Crippen LogP contribution in [0.1, 0.15) is 93.0 Å². The van der Waals surface area contributed by atoms with Crippen molar-refractivity contribution in [1.82, 2.24) is 0 Å². The lowest BCUT2D eigenvalue weighted by atomic mass is 9.80. The Hall–Kier alpha value is -1.70. The molecule has 0 bridgehead atoms. The number of benzene rings is 1. The highest BCUT2D eigenvalue weighted by Gasteiger charge is 2.21. The molecule has 0 atom stereocenters. The van der Waals surface area contributed by atoms with Gasteiger partial charge in [-0.1, -0.05) is 56.7 Å². The van der Waals surface area contributed by atoms with Crippen LogP contribution in [0.15, 0.2) is 49.6 Å². The van der Waals surface area contributed by atoms with Crippen molar-refractivity contribution in [3.8, 4) is 0 Å². The first-order valence-electron chi connectivity index (χ1n) is 11.1. The van der Waals surface area contributed by atoms with Crippen LogP contribution in [-0.2, 0) is 0 Å². The van der Waals surface area contributed by atoms with Crippen LogP contribution in [0, 0.1) is 11.8 Å². The Kier molecular flexibility index (Phi) is 9.67. The zero-order valence-electron chi connectivity index (χ0n) is 17.5. The summed E-state index contributed by atoms with van der Waals surface area (Å²) in [4.78, 5) is 11.4. The zero-order valence-corrected chi connectivity index (χ0v) is 17.5. The van der Waals surface area contributed by atoms with E-state index in [9.17, 15) is 9.18 Å². The normalized spacial score (nSPS) is 27.2. The molecule has 2 heteroatoms. The zero-order chi connectivity index (χ0) is 20.4. The van der Waals surface area contributed by atoms with E-state index in [-0.39, 0.29) is 5.78 Å². The van der Waals surface area contributed by atoms with E-state index in [0.29, 0.717) is 24.3 Å². The van der Waals surface area contributed by atoms with Crippen molar-refractivity contribution in [2.24, 2.45) is 11.8 Å². The van der Waals surface area contributed by atoms with Gasteiger partial charge in [-0.05, 0) is 80.8 Å². The van der Waals surface area contributed by atoms with Crippen molar-refractivity contribution in [1.29, 1.82) is 0 Å². The molecule has 2 aliphatic carbocycles. The Balaban J connectivity index is 0.000000221. The van der Waals surface area contributed by atoms with Gasteiger partial charge in [-0.15, -0.1) is 6.58 Å². The van der Waals surface area contributed by atoms with E-state index in [1.807, 2.05) is 24.3 Å². The lowest BCUT2D eigenvalue weighted by Crippen LogP contribution is -2.13. The lowest BCUT2D eigenvalue weighted by Gasteiger charge is -2.25. The summed E-state index contributed by atoms with van der Waals surface area (Å²) in [7, 11) is 0. The smallest absolute Gasteiger partial charge is 0.185 e. The van der Waals surface area contributed by atoms with Crippen molar-refractivity contribution in [2.45, 2.75) is 83.2 Å². The van der Waals surface area contributed by atoms with Gasteiger partial charge in [-0.3, -0.25) is 4.79 Å².